The molecule has 3 heterocycles. The Kier molecular flexibility index (Phi) is 6.06. The van der Waals surface area contributed by atoms with Gasteiger partial charge in [-0.3, -0.25) is 4.90 Å². The van der Waals surface area contributed by atoms with Crippen molar-refractivity contribution < 1.29 is 19.0 Å². The second-order valence-electron chi connectivity index (χ2n) is 7.64. The molecule has 1 aromatic carbocycles. The zero-order chi connectivity index (χ0) is 22.0. The third-order valence-electron chi connectivity index (χ3n) is 5.35. The Hall–Kier alpha value is -3.17. The lowest BCUT2D eigenvalue weighted by atomic mass is 10.2. The Morgan fingerprint density at radius 2 is 1.94 bits per heavy atom. The summed E-state index contributed by atoms with van der Waals surface area (Å²) >= 11 is 0. The summed E-state index contributed by atoms with van der Waals surface area (Å²) in [5, 5.41) is 12.8. The molecule has 0 unspecified atom stereocenters. The van der Waals surface area contributed by atoms with Gasteiger partial charge in [-0.25, -0.2) is 9.37 Å². The number of β-amino-alcohol motifs (C(OH)–C–C–N with tert-alkyl or cyclic N) is 1. The first-order valence-corrected chi connectivity index (χ1v) is 10.1. The second-order valence-corrected chi connectivity index (χ2v) is 7.64. The molecule has 1 saturated heterocycles. The number of aromatic nitrogens is 3. The van der Waals surface area contributed by atoms with Gasteiger partial charge in [0.1, 0.15) is 11.5 Å². The van der Waals surface area contributed by atoms with Gasteiger partial charge >= 0.3 is 0 Å². The van der Waals surface area contributed by atoms with Gasteiger partial charge in [0, 0.05) is 55.9 Å². The molecule has 31 heavy (non-hydrogen) atoms. The number of halogens is 1. The normalized spacial score (nSPS) is 16.5. The van der Waals surface area contributed by atoms with Crippen molar-refractivity contribution >= 4 is 11.6 Å². The van der Waals surface area contributed by atoms with Gasteiger partial charge in [0.2, 0.25) is 5.95 Å². The molecule has 2 N–H and O–H groups in total. The zero-order valence-corrected chi connectivity index (χ0v) is 17.8. The second kappa shape index (κ2) is 8.91. The Morgan fingerprint density at radius 3 is 2.58 bits per heavy atom. The van der Waals surface area contributed by atoms with Crippen molar-refractivity contribution in [1.29, 1.82) is 0 Å². The summed E-state index contributed by atoms with van der Waals surface area (Å²) in [4.78, 5) is 10.6. The zero-order valence-electron chi connectivity index (χ0n) is 17.8. The van der Waals surface area contributed by atoms with E-state index in [1.807, 2.05) is 19.3 Å². The quantitative estimate of drug-likeness (QED) is 0.600. The molecule has 0 spiro atoms. The highest BCUT2D eigenvalue weighted by Crippen LogP contribution is 2.28. The van der Waals surface area contributed by atoms with Crippen molar-refractivity contribution in [2.75, 3.05) is 32.6 Å². The van der Waals surface area contributed by atoms with Gasteiger partial charge in [-0.15, -0.1) is 0 Å². The molecule has 1 aliphatic heterocycles. The standard InChI is InChI=1S/C22H26FN5O3/c1-14-10-28(12-15(14)11-27-5-4-17(29)13-27)21-20(23)9-24-22(26-21)25-16-6-18(30-2)8-19(7-16)31-3/h6-10,12,17,29H,4-5,11,13H2,1-3H3,(H,24,25,26)/t17-/m1/s1. The lowest BCUT2D eigenvalue weighted by Crippen LogP contribution is -2.21. The first kappa shape index (κ1) is 21.1. The third kappa shape index (κ3) is 4.78. The fourth-order valence-corrected chi connectivity index (χ4v) is 3.69. The van der Waals surface area contributed by atoms with Crippen LogP contribution in [-0.2, 0) is 6.54 Å². The monoisotopic (exact) mass is 427 g/mol. The molecule has 8 nitrogen and oxygen atoms in total. The Labute approximate surface area is 180 Å². The van der Waals surface area contributed by atoms with E-state index in [9.17, 15) is 9.50 Å². The fourth-order valence-electron chi connectivity index (χ4n) is 3.69. The molecule has 9 heteroatoms. The summed E-state index contributed by atoms with van der Waals surface area (Å²) in [5.74, 6) is 1.11. The molecule has 2 aromatic heterocycles. The predicted octanol–water partition coefficient (Wildman–Crippen LogP) is 3.04. The number of methoxy groups -OCH3 is 2. The van der Waals surface area contributed by atoms with Gasteiger partial charge in [0.15, 0.2) is 11.6 Å². The van der Waals surface area contributed by atoms with E-state index in [1.54, 1.807) is 37.0 Å². The summed E-state index contributed by atoms with van der Waals surface area (Å²) in [7, 11) is 3.14. The summed E-state index contributed by atoms with van der Waals surface area (Å²) in [5.41, 5.74) is 2.76. The van der Waals surface area contributed by atoms with Crippen molar-refractivity contribution in [3.63, 3.8) is 0 Å². The molecule has 1 aliphatic rings. The van der Waals surface area contributed by atoms with E-state index >= 15 is 0 Å². The van der Waals surface area contributed by atoms with Crippen molar-refractivity contribution in [1.82, 2.24) is 19.4 Å². The number of aliphatic hydroxyl groups is 1. The van der Waals surface area contributed by atoms with Crippen LogP contribution in [0.5, 0.6) is 11.5 Å². The molecule has 164 valence electrons. The van der Waals surface area contributed by atoms with E-state index in [-0.39, 0.29) is 17.9 Å². The van der Waals surface area contributed by atoms with Gasteiger partial charge in [-0.2, -0.15) is 4.98 Å². The van der Waals surface area contributed by atoms with Crippen LogP contribution in [0.4, 0.5) is 16.0 Å². The number of nitrogens with zero attached hydrogens (tertiary/aromatic N) is 4. The lowest BCUT2D eigenvalue weighted by molar-refractivity contribution is 0.174. The Morgan fingerprint density at radius 1 is 1.19 bits per heavy atom. The largest absolute Gasteiger partial charge is 0.497 e. The SMILES string of the molecule is COc1cc(Nc2ncc(F)c(-n3cc(C)c(CN4CC[C@@H](O)C4)c3)n2)cc(OC)c1. The highest BCUT2D eigenvalue weighted by Gasteiger charge is 2.21. The molecular formula is C22H26FN5O3. The maximum absolute atomic E-state index is 14.6. The number of aliphatic hydroxyl groups excluding tert-OH is 1. The Bertz CT molecular complexity index is 1050. The number of nitrogens with one attached hydrogen (secondary N) is 1. The summed E-state index contributed by atoms with van der Waals surface area (Å²) in [6.07, 6.45) is 5.39. The molecule has 0 amide bonds. The van der Waals surface area contributed by atoms with Crippen LogP contribution in [-0.4, -0.2) is 58.0 Å². The van der Waals surface area contributed by atoms with Gasteiger partial charge < -0.3 is 24.5 Å². The van der Waals surface area contributed by atoms with Gasteiger partial charge in [-0.1, -0.05) is 0 Å². The van der Waals surface area contributed by atoms with E-state index < -0.39 is 5.82 Å². The molecule has 1 fully saturated rings. The maximum atomic E-state index is 14.6. The van der Waals surface area contributed by atoms with E-state index in [2.05, 4.69) is 20.2 Å². The number of aryl methyl sites for hydroxylation is 1. The lowest BCUT2D eigenvalue weighted by Gasteiger charge is -2.14. The molecule has 1 atom stereocenters. The fraction of sp³-hybridized carbons (Fsp3) is 0.364. The summed E-state index contributed by atoms with van der Waals surface area (Å²) in [6.45, 7) is 4.20. The molecule has 0 saturated carbocycles. The van der Waals surface area contributed by atoms with Crippen molar-refractivity contribution in [2.24, 2.45) is 0 Å². The number of rotatable bonds is 7. The number of ether oxygens (including phenoxy) is 2. The Balaban J connectivity index is 1.58. The first-order valence-electron chi connectivity index (χ1n) is 10.1. The van der Waals surface area contributed by atoms with Crippen LogP contribution in [0.25, 0.3) is 5.82 Å². The van der Waals surface area contributed by atoms with Gasteiger partial charge in [0.05, 0.1) is 26.5 Å². The van der Waals surface area contributed by atoms with Crippen LogP contribution < -0.4 is 14.8 Å². The van der Waals surface area contributed by atoms with Crippen LogP contribution in [0.15, 0.2) is 36.8 Å². The van der Waals surface area contributed by atoms with E-state index in [1.165, 1.54) is 0 Å². The summed E-state index contributed by atoms with van der Waals surface area (Å²) < 4.78 is 26.8. The predicted molar refractivity (Wildman–Crippen MR) is 115 cm³/mol. The number of likely N-dealkylation sites (tertiary alicyclic amines) is 1. The van der Waals surface area contributed by atoms with Crippen molar-refractivity contribution in [3.05, 3.63) is 53.7 Å². The molecule has 0 bridgehead atoms. The molecule has 3 aromatic rings. The number of hydrogen-bond acceptors (Lipinski definition) is 7. The van der Waals surface area contributed by atoms with Crippen molar-refractivity contribution in [3.8, 4) is 17.3 Å². The minimum Gasteiger partial charge on any atom is -0.497 e. The number of benzene rings is 1. The van der Waals surface area contributed by atoms with Crippen LogP contribution in [0.1, 0.15) is 17.5 Å². The van der Waals surface area contributed by atoms with Crippen LogP contribution in [0.2, 0.25) is 0 Å². The molecule has 0 aliphatic carbocycles. The number of hydrogen-bond donors (Lipinski definition) is 2. The highest BCUT2D eigenvalue weighted by molar-refractivity contribution is 5.59. The van der Waals surface area contributed by atoms with E-state index in [0.29, 0.717) is 30.3 Å². The molecule has 0 radical (unpaired) electrons. The molecule has 4 rings (SSSR count). The summed E-state index contributed by atoms with van der Waals surface area (Å²) in [6, 6.07) is 5.31. The van der Waals surface area contributed by atoms with Crippen LogP contribution in [0, 0.1) is 12.7 Å². The van der Waals surface area contributed by atoms with E-state index in [4.69, 9.17) is 9.47 Å². The smallest absolute Gasteiger partial charge is 0.229 e. The van der Waals surface area contributed by atoms with Crippen molar-refractivity contribution in [2.45, 2.75) is 26.0 Å². The van der Waals surface area contributed by atoms with Gasteiger partial charge in [-0.05, 0) is 24.5 Å². The number of anilines is 2. The first-order chi connectivity index (χ1) is 14.9. The topological polar surface area (TPSA) is 84.7 Å². The average molecular weight is 427 g/mol. The minimum atomic E-state index is -0.521. The van der Waals surface area contributed by atoms with Crippen LogP contribution in [0.3, 0.4) is 0 Å². The minimum absolute atomic E-state index is 0.156. The third-order valence-corrected chi connectivity index (χ3v) is 5.35. The van der Waals surface area contributed by atoms with Crippen LogP contribution >= 0.6 is 0 Å². The average Bonchev–Trinajstić information content (AvgIpc) is 3.34. The maximum Gasteiger partial charge on any atom is 0.229 e. The van der Waals surface area contributed by atoms with Gasteiger partial charge in [0.25, 0.3) is 0 Å². The molecular weight excluding hydrogens is 401 g/mol. The highest BCUT2D eigenvalue weighted by atomic mass is 19.1. The van der Waals surface area contributed by atoms with E-state index in [0.717, 1.165) is 30.3 Å².